The Morgan fingerprint density at radius 1 is 1.35 bits per heavy atom. The Hall–Kier alpha value is -1.90. The molecule has 0 aromatic heterocycles. The second-order valence-electron chi connectivity index (χ2n) is 5.33. The highest BCUT2D eigenvalue weighted by atomic mass is 16.5. The number of nitrogens with zero attached hydrogens (tertiary/aromatic N) is 1. The van der Waals surface area contributed by atoms with E-state index in [2.05, 4.69) is 11.4 Å². The number of nitrogens with one attached hydrogen (secondary N) is 2. The summed E-state index contributed by atoms with van der Waals surface area (Å²) < 4.78 is 5.66. The summed E-state index contributed by atoms with van der Waals surface area (Å²) in [7, 11) is 0. The highest BCUT2D eigenvalue weighted by Crippen LogP contribution is 2.08. The zero-order valence-corrected chi connectivity index (χ0v) is 11.8. The van der Waals surface area contributed by atoms with E-state index < -0.39 is 0 Å². The molecule has 106 valence electrons. The van der Waals surface area contributed by atoms with Crippen molar-refractivity contribution < 1.29 is 14.4 Å². The van der Waals surface area contributed by atoms with E-state index in [4.69, 9.17) is 10.00 Å². The quantitative estimate of drug-likeness (QED) is 0.827. The van der Waals surface area contributed by atoms with E-state index in [1.54, 1.807) is 24.3 Å². The molecule has 1 aromatic carbocycles. The van der Waals surface area contributed by atoms with Crippen LogP contribution in [0.4, 0.5) is 5.69 Å². The van der Waals surface area contributed by atoms with Gasteiger partial charge >= 0.3 is 0 Å². The van der Waals surface area contributed by atoms with Crippen LogP contribution in [0.1, 0.15) is 19.4 Å². The number of hydrogen-bond donors (Lipinski definition) is 2. The predicted molar refractivity (Wildman–Crippen MR) is 75.4 cm³/mol. The number of quaternary nitrogens is 1. The Kier molecular flexibility index (Phi) is 4.72. The molecule has 0 saturated carbocycles. The molecule has 1 unspecified atom stereocenters. The number of nitriles is 1. The number of benzene rings is 1. The van der Waals surface area contributed by atoms with Crippen LogP contribution >= 0.6 is 0 Å². The maximum Gasteiger partial charge on any atom is 0.279 e. The lowest BCUT2D eigenvalue weighted by atomic mass is 10.2. The molecule has 0 bridgehead atoms. The number of rotatable bonds is 3. The third kappa shape index (κ3) is 4.05. The van der Waals surface area contributed by atoms with Gasteiger partial charge in [-0.2, -0.15) is 5.26 Å². The molecule has 1 saturated heterocycles. The number of hydrogen-bond acceptors (Lipinski definition) is 3. The fraction of sp³-hybridized carbons (Fsp3) is 0.467. The third-order valence-corrected chi connectivity index (χ3v) is 3.33. The van der Waals surface area contributed by atoms with Gasteiger partial charge in [0.1, 0.15) is 25.3 Å². The molecule has 5 heteroatoms. The summed E-state index contributed by atoms with van der Waals surface area (Å²) in [4.78, 5) is 13.2. The Morgan fingerprint density at radius 2 is 1.95 bits per heavy atom. The van der Waals surface area contributed by atoms with Gasteiger partial charge in [-0.15, -0.1) is 0 Å². The molecule has 1 aromatic rings. The first-order valence-corrected chi connectivity index (χ1v) is 6.86. The molecule has 1 heterocycles. The van der Waals surface area contributed by atoms with E-state index >= 15 is 0 Å². The van der Waals surface area contributed by atoms with Gasteiger partial charge < -0.3 is 15.0 Å². The zero-order valence-electron chi connectivity index (χ0n) is 11.8. The molecular weight excluding hydrogens is 254 g/mol. The zero-order chi connectivity index (χ0) is 14.5. The van der Waals surface area contributed by atoms with Crippen molar-refractivity contribution >= 4 is 11.6 Å². The lowest BCUT2D eigenvalue weighted by Crippen LogP contribution is -3.16. The van der Waals surface area contributed by atoms with Crippen molar-refractivity contribution in [3.63, 3.8) is 0 Å². The Bertz CT molecular complexity index is 497. The average molecular weight is 274 g/mol. The maximum atomic E-state index is 12.0. The maximum absolute atomic E-state index is 12.0. The lowest BCUT2D eigenvalue weighted by molar-refractivity contribution is -0.907. The summed E-state index contributed by atoms with van der Waals surface area (Å²) >= 11 is 0. The van der Waals surface area contributed by atoms with Crippen molar-refractivity contribution in [2.45, 2.75) is 26.1 Å². The monoisotopic (exact) mass is 274 g/mol. The fourth-order valence-electron chi connectivity index (χ4n) is 2.59. The van der Waals surface area contributed by atoms with Crippen LogP contribution in [0, 0.1) is 11.3 Å². The average Bonchev–Trinajstić information content (AvgIpc) is 2.38. The lowest BCUT2D eigenvalue weighted by Gasteiger charge is -2.31. The van der Waals surface area contributed by atoms with Crippen molar-refractivity contribution in [1.82, 2.24) is 0 Å². The SMILES string of the molecule is C[C@@H]1C[NH+](CC(=O)Nc2ccc(C#N)cc2)C[C@H](C)O1. The number of carbonyl (C=O) groups is 1. The molecule has 2 N–H and O–H groups in total. The molecule has 0 spiro atoms. The highest BCUT2D eigenvalue weighted by Gasteiger charge is 2.27. The third-order valence-electron chi connectivity index (χ3n) is 3.33. The van der Waals surface area contributed by atoms with Gasteiger partial charge in [-0.1, -0.05) is 0 Å². The molecule has 0 aliphatic carbocycles. The van der Waals surface area contributed by atoms with Gasteiger partial charge in [0.15, 0.2) is 6.54 Å². The molecule has 1 aliphatic rings. The fourth-order valence-corrected chi connectivity index (χ4v) is 2.59. The topological polar surface area (TPSA) is 66.6 Å². The van der Waals surface area contributed by atoms with Crippen LogP contribution < -0.4 is 10.2 Å². The van der Waals surface area contributed by atoms with Gasteiger partial charge in [-0.05, 0) is 38.1 Å². The summed E-state index contributed by atoms with van der Waals surface area (Å²) in [5.74, 6) is -0.00833. The first-order chi connectivity index (χ1) is 9.56. The number of ether oxygens (including phenoxy) is 1. The summed E-state index contributed by atoms with van der Waals surface area (Å²) in [5.41, 5.74) is 1.31. The van der Waals surface area contributed by atoms with E-state index in [1.807, 2.05) is 13.8 Å². The molecule has 5 nitrogen and oxygen atoms in total. The molecule has 1 aliphatic heterocycles. The van der Waals surface area contributed by atoms with Crippen LogP contribution in [-0.2, 0) is 9.53 Å². The van der Waals surface area contributed by atoms with Crippen LogP contribution in [0.3, 0.4) is 0 Å². The minimum atomic E-state index is -0.00833. The Morgan fingerprint density at radius 3 is 2.50 bits per heavy atom. The van der Waals surface area contributed by atoms with Gasteiger partial charge in [0.05, 0.1) is 11.6 Å². The smallest absolute Gasteiger partial charge is 0.279 e. The van der Waals surface area contributed by atoms with Crippen LogP contribution in [0.5, 0.6) is 0 Å². The number of amides is 1. The Balaban J connectivity index is 1.87. The van der Waals surface area contributed by atoms with Crippen molar-refractivity contribution in [3.8, 4) is 6.07 Å². The van der Waals surface area contributed by atoms with Gasteiger partial charge in [0.25, 0.3) is 5.91 Å². The summed E-state index contributed by atoms with van der Waals surface area (Å²) in [5, 5.41) is 11.6. The first kappa shape index (κ1) is 14.5. The van der Waals surface area contributed by atoms with Gasteiger partial charge in [-0.25, -0.2) is 0 Å². The minimum Gasteiger partial charge on any atom is -0.364 e. The molecule has 1 fully saturated rings. The van der Waals surface area contributed by atoms with Crippen molar-refractivity contribution in [1.29, 1.82) is 5.26 Å². The highest BCUT2D eigenvalue weighted by molar-refractivity contribution is 5.91. The molecule has 20 heavy (non-hydrogen) atoms. The van der Waals surface area contributed by atoms with E-state index in [0.29, 0.717) is 12.1 Å². The molecule has 1 amide bonds. The summed E-state index contributed by atoms with van der Waals surface area (Å²) in [6.45, 7) is 6.22. The Labute approximate surface area is 119 Å². The van der Waals surface area contributed by atoms with E-state index in [9.17, 15) is 4.79 Å². The number of carbonyl (C=O) groups excluding carboxylic acids is 1. The standard InChI is InChI=1S/C15H19N3O2/c1-11-8-18(9-12(2)20-11)10-15(19)17-14-5-3-13(7-16)4-6-14/h3-6,11-12H,8-10H2,1-2H3,(H,17,19)/p+1/t11-,12+. The normalized spacial score (nSPS) is 25.8. The van der Waals surface area contributed by atoms with Crippen LogP contribution in [-0.4, -0.2) is 37.7 Å². The molecule has 0 radical (unpaired) electrons. The van der Waals surface area contributed by atoms with Gasteiger partial charge in [0.2, 0.25) is 0 Å². The van der Waals surface area contributed by atoms with Crippen molar-refractivity contribution in [3.05, 3.63) is 29.8 Å². The van der Waals surface area contributed by atoms with Crippen molar-refractivity contribution in [2.75, 3.05) is 25.0 Å². The first-order valence-electron chi connectivity index (χ1n) is 6.86. The van der Waals surface area contributed by atoms with Crippen LogP contribution in [0.2, 0.25) is 0 Å². The van der Waals surface area contributed by atoms with E-state index in [0.717, 1.165) is 18.8 Å². The van der Waals surface area contributed by atoms with E-state index in [-0.39, 0.29) is 18.1 Å². The summed E-state index contributed by atoms with van der Waals surface area (Å²) in [6.07, 6.45) is 0.382. The predicted octanol–water partition coefficient (Wildman–Crippen LogP) is 0.189. The molecular formula is C15H20N3O2+. The molecule has 3 atom stereocenters. The number of anilines is 1. The van der Waals surface area contributed by atoms with Crippen molar-refractivity contribution in [2.24, 2.45) is 0 Å². The van der Waals surface area contributed by atoms with Gasteiger partial charge in [0, 0.05) is 5.69 Å². The second-order valence-corrected chi connectivity index (χ2v) is 5.33. The van der Waals surface area contributed by atoms with E-state index in [1.165, 1.54) is 4.90 Å². The largest absolute Gasteiger partial charge is 0.364 e. The molecule has 2 rings (SSSR count). The minimum absolute atomic E-state index is 0.00833. The van der Waals surface area contributed by atoms with Crippen LogP contribution in [0.15, 0.2) is 24.3 Å². The van der Waals surface area contributed by atoms with Crippen LogP contribution in [0.25, 0.3) is 0 Å². The van der Waals surface area contributed by atoms with Gasteiger partial charge in [-0.3, -0.25) is 4.79 Å². The summed E-state index contributed by atoms with van der Waals surface area (Å²) in [6, 6.07) is 8.94. The number of morpholine rings is 1. The second kappa shape index (κ2) is 6.51.